The van der Waals surface area contributed by atoms with Crippen molar-refractivity contribution in [3.05, 3.63) is 58.1 Å². The second-order valence-corrected chi connectivity index (χ2v) is 4.84. The number of hydrogen-bond donors (Lipinski definition) is 2. The monoisotopic (exact) mass is 291 g/mol. The molecule has 2 rings (SSSR count). The van der Waals surface area contributed by atoms with Crippen LogP contribution in [0, 0.1) is 6.92 Å². The molecule has 0 heterocycles. The van der Waals surface area contributed by atoms with E-state index in [2.05, 4.69) is 46.4 Å². The molecule has 0 saturated heterocycles. The molecule has 0 atom stereocenters. The molecule has 0 aromatic heterocycles. The van der Waals surface area contributed by atoms with Crippen LogP contribution in [-0.2, 0) is 6.54 Å². The Morgan fingerprint density at radius 3 is 2.47 bits per heavy atom. The average Bonchev–Trinajstić information content (AvgIpc) is 2.33. The summed E-state index contributed by atoms with van der Waals surface area (Å²) in [5, 5.41) is 12.5. The highest BCUT2D eigenvalue weighted by molar-refractivity contribution is 9.10. The number of nitrogens with one attached hydrogen (secondary N) is 1. The molecule has 0 saturated carbocycles. The third-order valence-corrected chi connectivity index (χ3v) is 3.45. The number of benzene rings is 2. The van der Waals surface area contributed by atoms with Crippen molar-refractivity contribution in [2.75, 3.05) is 5.32 Å². The van der Waals surface area contributed by atoms with Crippen LogP contribution in [0.15, 0.2) is 46.9 Å². The predicted octanol–water partition coefficient (Wildman–Crippen LogP) is 4.08. The van der Waals surface area contributed by atoms with E-state index < -0.39 is 0 Å². The Hall–Kier alpha value is -1.48. The van der Waals surface area contributed by atoms with E-state index in [1.165, 1.54) is 11.1 Å². The lowest BCUT2D eigenvalue weighted by molar-refractivity contribution is 0.475. The van der Waals surface area contributed by atoms with Gasteiger partial charge < -0.3 is 10.4 Å². The molecule has 0 amide bonds. The molecule has 0 fully saturated rings. The normalized spacial score (nSPS) is 10.2. The van der Waals surface area contributed by atoms with E-state index in [0.717, 1.165) is 16.7 Å². The number of rotatable bonds is 3. The highest BCUT2D eigenvalue weighted by Gasteiger charge is 1.98. The number of halogens is 1. The number of anilines is 1. The minimum atomic E-state index is 0.286. The van der Waals surface area contributed by atoms with Crippen molar-refractivity contribution in [2.24, 2.45) is 0 Å². The van der Waals surface area contributed by atoms with E-state index in [4.69, 9.17) is 0 Å². The van der Waals surface area contributed by atoms with Gasteiger partial charge in [0.25, 0.3) is 0 Å². The zero-order valence-corrected chi connectivity index (χ0v) is 11.2. The second kappa shape index (κ2) is 5.23. The molecule has 88 valence electrons. The van der Waals surface area contributed by atoms with Gasteiger partial charge in [-0.15, -0.1) is 0 Å². The van der Waals surface area contributed by atoms with Gasteiger partial charge in [0.15, 0.2) is 0 Å². The standard InChI is InChI=1S/C14H14BrNO/c1-10-2-3-11(8-14(10)15)9-16-12-4-6-13(17)7-5-12/h2-8,16-17H,9H2,1H3. The number of hydrogen-bond acceptors (Lipinski definition) is 2. The van der Waals surface area contributed by atoms with Gasteiger partial charge >= 0.3 is 0 Å². The molecule has 0 unspecified atom stereocenters. The summed E-state index contributed by atoms with van der Waals surface area (Å²) in [6.07, 6.45) is 0. The summed E-state index contributed by atoms with van der Waals surface area (Å²) in [7, 11) is 0. The fraction of sp³-hybridized carbons (Fsp3) is 0.143. The number of aromatic hydroxyl groups is 1. The number of phenols is 1. The molecule has 0 aliphatic rings. The predicted molar refractivity (Wildman–Crippen MR) is 74.3 cm³/mol. The van der Waals surface area contributed by atoms with Crippen molar-refractivity contribution in [1.82, 2.24) is 0 Å². The van der Waals surface area contributed by atoms with Crippen molar-refractivity contribution in [3.8, 4) is 5.75 Å². The Morgan fingerprint density at radius 1 is 1.12 bits per heavy atom. The first kappa shape index (κ1) is 12.0. The third-order valence-electron chi connectivity index (χ3n) is 2.60. The zero-order chi connectivity index (χ0) is 12.3. The minimum absolute atomic E-state index is 0.286. The fourth-order valence-electron chi connectivity index (χ4n) is 1.53. The maximum absolute atomic E-state index is 9.17. The summed E-state index contributed by atoms with van der Waals surface area (Å²) >= 11 is 3.52. The molecule has 2 aromatic carbocycles. The summed E-state index contributed by atoms with van der Waals surface area (Å²) < 4.78 is 1.13. The summed E-state index contributed by atoms with van der Waals surface area (Å²) in [4.78, 5) is 0. The number of aryl methyl sites for hydroxylation is 1. The summed E-state index contributed by atoms with van der Waals surface area (Å²) in [5.74, 6) is 0.286. The molecule has 0 aliphatic heterocycles. The van der Waals surface area contributed by atoms with Crippen LogP contribution >= 0.6 is 15.9 Å². The zero-order valence-electron chi connectivity index (χ0n) is 9.57. The van der Waals surface area contributed by atoms with Crippen LogP contribution in [0.2, 0.25) is 0 Å². The van der Waals surface area contributed by atoms with Crippen LogP contribution in [0.4, 0.5) is 5.69 Å². The summed E-state index contributed by atoms with van der Waals surface area (Å²) in [6.45, 7) is 2.84. The molecular formula is C14H14BrNO. The van der Waals surface area contributed by atoms with Crippen molar-refractivity contribution >= 4 is 21.6 Å². The Morgan fingerprint density at radius 2 is 1.82 bits per heavy atom. The number of phenolic OH excluding ortho intramolecular Hbond substituents is 1. The lowest BCUT2D eigenvalue weighted by atomic mass is 10.1. The van der Waals surface area contributed by atoms with Gasteiger partial charge in [0.2, 0.25) is 0 Å². The molecule has 2 aromatic rings. The van der Waals surface area contributed by atoms with Gasteiger partial charge in [-0.1, -0.05) is 28.1 Å². The first-order chi connectivity index (χ1) is 8.15. The van der Waals surface area contributed by atoms with E-state index in [9.17, 15) is 5.11 Å². The Balaban J connectivity index is 2.02. The van der Waals surface area contributed by atoms with Crippen molar-refractivity contribution in [2.45, 2.75) is 13.5 Å². The van der Waals surface area contributed by atoms with Crippen LogP contribution < -0.4 is 5.32 Å². The van der Waals surface area contributed by atoms with E-state index in [1.54, 1.807) is 12.1 Å². The molecule has 0 radical (unpaired) electrons. The first-order valence-electron chi connectivity index (χ1n) is 5.43. The van der Waals surface area contributed by atoms with Gasteiger partial charge in [-0.3, -0.25) is 0 Å². The summed E-state index contributed by atoms with van der Waals surface area (Å²) in [5.41, 5.74) is 3.45. The highest BCUT2D eigenvalue weighted by atomic mass is 79.9. The van der Waals surface area contributed by atoms with Crippen molar-refractivity contribution in [1.29, 1.82) is 0 Å². The molecular weight excluding hydrogens is 278 g/mol. The van der Waals surface area contributed by atoms with Crippen molar-refractivity contribution in [3.63, 3.8) is 0 Å². The molecule has 3 heteroatoms. The third kappa shape index (κ3) is 3.24. The molecule has 2 nitrogen and oxygen atoms in total. The topological polar surface area (TPSA) is 32.3 Å². The smallest absolute Gasteiger partial charge is 0.115 e. The van der Waals surface area contributed by atoms with E-state index in [-0.39, 0.29) is 5.75 Å². The molecule has 2 N–H and O–H groups in total. The minimum Gasteiger partial charge on any atom is -0.508 e. The van der Waals surface area contributed by atoms with Gasteiger partial charge in [-0.2, -0.15) is 0 Å². The fourth-order valence-corrected chi connectivity index (χ4v) is 1.96. The lowest BCUT2D eigenvalue weighted by Gasteiger charge is -2.08. The van der Waals surface area contributed by atoms with Crippen LogP contribution in [0.1, 0.15) is 11.1 Å². The van der Waals surface area contributed by atoms with Gasteiger partial charge in [-0.25, -0.2) is 0 Å². The molecule has 0 aliphatic carbocycles. The van der Waals surface area contributed by atoms with Gasteiger partial charge in [0.1, 0.15) is 5.75 Å². The lowest BCUT2D eigenvalue weighted by Crippen LogP contribution is -1.99. The van der Waals surface area contributed by atoms with E-state index in [0.29, 0.717) is 0 Å². The van der Waals surface area contributed by atoms with Crippen LogP contribution in [0.25, 0.3) is 0 Å². The molecule has 17 heavy (non-hydrogen) atoms. The second-order valence-electron chi connectivity index (χ2n) is 3.98. The van der Waals surface area contributed by atoms with Gasteiger partial charge in [0, 0.05) is 16.7 Å². The Bertz CT molecular complexity index is 508. The van der Waals surface area contributed by atoms with Crippen LogP contribution in [0.3, 0.4) is 0 Å². The SMILES string of the molecule is Cc1ccc(CNc2ccc(O)cc2)cc1Br. The van der Waals surface area contributed by atoms with E-state index in [1.807, 2.05) is 12.1 Å². The van der Waals surface area contributed by atoms with Crippen LogP contribution in [0.5, 0.6) is 5.75 Å². The van der Waals surface area contributed by atoms with Crippen LogP contribution in [-0.4, -0.2) is 5.11 Å². The first-order valence-corrected chi connectivity index (χ1v) is 6.22. The van der Waals surface area contributed by atoms with Crippen molar-refractivity contribution < 1.29 is 5.11 Å². The molecule has 0 spiro atoms. The van der Waals surface area contributed by atoms with E-state index >= 15 is 0 Å². The Labute approximate surface area is 109 Å². The maximum Gasteiger partial charge on any atom is 0.115 e. The van der Waals surface area contributed by atoms with Gasteiger partial charge in [-0.05, 0) is 48.4 Å². The largest absolute Gasteiger partial charge is 0.508 e. The maximum atomic E-state index is 9.17. The molecule has 0 bridgehead atoms. The summed E-state index contributed by atoms with van der Waals surface area (Å²) in [6, 6.07) is 13.4. The average molecular weight is 292 g/mol. The highest BCUT2D eigenvalue weighted by Crippen LogP contribution is 2.19. The Kier molecular flexibility index (Phi) is 3.69. The van der Waals surface area contributed by atoms with Gasteiger partial charge in [0.05, 0.1) is 0 Å². The quantitative estimate of drug-likeness (QED) is 0.836.